The van der Waals surface area contributed by atoms with Gasteiger partial charge >= 0.3 is 0 Å². The summed E-state index contributed by atoms with van der Waals surface area (Å²) >= 11 is 0. The maximum Gasteiger partial charge on any atom is 0.189 e. The molecule has 3 aromatic carbocycles. The van der Waals surface area contributed by atoms with Gasteiger partial charge in [-0.15, -0.1) is 4.99 Å². The molecule has 0 spiro atoms. The number of nitrogens with one attached hydrogen (secondary N) is 1. The molecule has 11 nitrogen and oxygen atoms in total. The molecule has 10 rings (SSSR count). The van der Waals surface area contributed by atoms with E-state index < -0.39 is 18.3 Å². The lowest BCUT2D eigenvalue weighted by Gasteiger charge is -2.41. The number of hydrogen-bond donors (Lipinski definition) is 7. The highest BCUT2D eigenvalue weighted by molar-refractivity contribution is 6.04. The minimum Gasteiger partial charge on any atom is -0.504 e. The minimum atomic E-state index is -0.943. The van der Waals surface area contributed by atoms with Gasteiger partial charge in [-0.3, -0.25) is 4.99 Å². The van der Waals surface area contributed by atoms with E-state index in [2.05, 4.69) is 58.9 Å². The number of aryl methyl sites for hydroxylation is 1. The van der Waals surface area contributed by atoms with Crippen molar-refractivity contribution in [2.24, 2.45) is 51.2 Å². The first-order valence-corrected chi connectivity index (χ1v) is 25.8. The average Bonchev–Trinajstić information content (AvgIpc) is 4.16. The van der Waals surface area contributed by atoms with E-state index in [4.69, 9.17) is 20.2 Å². The molecule has 0 amide bonds. The first-order chi connectivity index (χ1) is 33.1. The van der Waals surface area contributed by atoms with Crippen molar-refractivity contribution in [2.45, 2.75) is 127 Å². The van der Waals surface area contributed by atoms with Crippen LogP contribution in [0.4, 0.5) is 0 Å². The van der Waals surface area contributed by atoms with Gasteiger partial charge in [0.15, 0.2) is 29.4 Å². The number of nitrogens with zero attached hydrogens (tertiary/aromatic N) is 2. The van der Waals surface area contributed by atoms with Gasteiger partial charge in [0.25, 0.3) is 0 Å². The van der Waals surface area contributed by atoms with E-state index in [-0.39, 0.29) is 42.9 Å². The predicted octanol–water partition coefficient (Wildman–Crippen LogP) is 6.87. The van der Waals surface area contributed by atoms with E-state index in [9.17, 15) is 25.5 Å². The van der Waals surface area contributed by atoms with Crippen molar-refractivity contribution in [1.82, 2.24) is 5.32 Å². The molecule has 0 bridgehead atoms. The van der Waals surface area contributed by atoms with Crippen LogP contribution in [-0.2, 0) is 11.2 Å². The normalized spacial score (nSPS) is 29.3. The van der Waals surface area contributed by atoms with E-state index in [1.165, 1.54) is 35.4 Å². The van der Waals surface area contributed by atoms with Crippen molar-refractivity contribution in [1.29, 1.82) is 0 Å². The minimum absolute atomic E-state index is 0.0127. The summed E-state index contributed by atoms with van der Waals surface area (Å²) < 4.78 is 12.5. The Bertz CT molecular complexity index is 2550. The fraction of sp³-hybridized carbons (Fsp3) is 0.544. The number of nitrogens with two attached hydrogens (primary N) is 1. The number of rotatable bonds is 18. The molecule has 4 aliphatic carbocycles. The molecule has 11 atom stereocenters. The van der Waals surface area contributed by atoms with Crippen LogP contribution in [0.1, 0.15) is 113 Å². The molecule has 3 fully saturated rings. The highest BCUT2D eigenvalue weighted by Crippen LogP contribution is 2.48. The topological polar surface area (TPSA) is 182 Å². The summed E-state index contributed by atoms with van der Waals surface area (Å²) in [6, 6.07) is 14.6. The standard InChI is InChI=1S/C57H72N4O7/c1-33(63)29-59-30-48-41-7-4-6-36(41)13-19-50-47(48)28-52(61-50)54(65)32-67-56-24-35(11-20-53(56)64)9-14-40-25-39(31-62)55(68-40)8-3-2-5-34-10-15-43(49(58)23-34)45-18-17-42-44(57(45)66)16-12-37-27-51-38(21-22-60-51)26-46(37)42/h11-12,16-18,20-21,24-28,33-34,36,41,43,45,48-49,54-55,57,59,62-66H,2-10,13-15,19,22-23,29-32,58H2,1H3. The van der Waals surface area contributed by atoms with Gasteiger partial charge in [0.05, 0.1) is 36.1 Å². The number of phenols is 1. The quantitative estimate of drug-likeness (QED) is 0.0529. The molecule has 7 aliphatic rings. The lowest BCUT2D eigenvalue weighted by atomic mass is 9.67. The molecule has 0 radical (unpaired) electrons. The van der Waals surface area contributed by atoms with Crippen molar-refractivity contribution in [3.05, 3.63) is 111 Å². The Kier molecular flexibility index (Phi) is 14.5. The third-order valence-electron chi connectivity index (χ3n) is 16.6. The first kappa shape index (κ1) is 47.2. The predicted molar refractivity (Wildman–Crippen MR) is 267 cm³/mol. The highest BCUT2D eigenvalue weighted by atomic mass is 16.5. The number of aliphatic imine (C=N–C) groups is 1. The number of phenolic OH excluding ortho intramolecular Hbond substituents is 1. The fourth-order valence-electron chi connectivity index (χ4n) is 13.0. The van der Waals surface area contributed by atoms with Gasteiger partial charge in [0.1, 0.15) is 12.2 Å². The number of hydrogen-bond acceptors (Lipinski definition) is 11. The van der Waals surface area contributed by atoms with Crippen molar-refractivity contribution in [3.8, 4) is 11.5 Å². The first-order valence-electron chi connectivity index (χ1n) is 25.8. The van der Waals surface area contributed by atoms with Crippen LogP contribution in [0.2, 0.25) is 0 Å². The number of aromatic hydroxyl groups is 1. The van der Waals surface area contributed by atoms with Crippen molar-refractivity contribution < 1.29 is 35.0 Å². The summed E-state index contributed by atoms with van der Waals surface area (Å²) in [5, 5.41) is 61.9. The van der Waals surface area contributed by atoms with Gasteiger partial charge in [-0.1, -0.05) is 87.5 Å². The summed E-state index contributed by atoms with van der Waals surface area (Å²) in [7, 11) is 0. The summed E-state index contributed by atoms with van der Waals surface area (Å²) in [5.41, 5.74) is 13.2. The summed E-state index contributed by atoms with van der Waals surface area (Å²) in [5.74, 6) is 2.75. The van der Waals surface area contributed by atoms with Crippen LogP contribution in [0, 0.1) is 47.7 Å². The van der Waals surface area contributed by atoms with Gasteiger partial charge in [-0.2, -0.15) is 11.6 Å². The number of benzene rings is 3. The third kappa shape index (κ3) is 10.1. The zero-order chi connectivity index (χ0) is 46.9. The maximum atomic E-state index is 11.7. The molecule has 11 heteroatoms. The van der Waals surface area contributed by atoms with Crippen LogP contribution in [0.5, 0.6) is 11.5 Å². The fourth-order valence-corrected chi connectivity index (χ4v) is 13.0. The van der Waals surface area contributed by atoms with Crippen molar-refractivity contribution >= 4 is 28.6 Å². The number of unbranched alkanes of at least 4 members (excludes halogenated alkanes) is 1. The molecule has 0 aromatic heterocycles. The Morgan fingerprint density at radius 3 is 2.76 bits per heavy atom. The van der Waals surface area contributed by atoms with Crippen LogP contribution in [0.25, 0.3) is 22.9 Å². The van der Waals surface area contributed by atoms with Gasteiger partial charge in [0.2, 0.25) is 0 Å². The van der Waals surface area contributed by atoms with E-state index in [1.807, 2.05) is 18.2 Å². The van der Waals surface area contributed by atoms with Gasteiger partial charge in [-0.05, 0) is 126 Å². The maximum absolute atomic E-state index is 11.7. The molecule has 3 saturated carbocycles. The molecular weight excluding hydrogens is 853 g/mol. The smallest absolute Gasteiger partial charge is 0.189 e. The van der Waals surface area contributed by atoms with Crippen LogP contribution in [0.3, 0.4) is 0 Å². The number of fused-ring (bicyclic) bond motifs is 6. The van der Waals surface area contributed by atoms with Gasteiger partial charge < -0.3 is 46.1 Å². The largest absolute Gasteiger partial charge is 0.504 e. The second-order valence-corrected chi connectivity index (χ2v) is 21.1. The summed E-state index contributed by atoms with van der Waals surface area (Å²) in [6.07, 6.45) is 23.7. The van der Waals surface area contributed by atoms with Crippen molar-refractivity contribution in [3.63, 3.8) is 0 Å². The second kappa shape index (κ2) is 20.9. The molecule has 68 heavy (non-hydrogen) atoms. The van der Waals surface area contributed by atoms with E-state index in [0.29, 0.717) is 54.8 Å². The number of ether oxygens (including phenoxy) is 2. The SMILES string of the molecule is CC(O)CNCC1C2=C[C+](C(O)COc3cc(CC[C-]4C=C(CO)C(CCCCC5CCC(C6C=Cc7c(ccc8cc9c(cc78)=CCN=9)C6O)C(N)C5)O4)ccc3O)N=C2CCC2CCCC21. The Hall–Kier alpha value is -4.46. The number of aliphatic hydroxyl groups excluding tert-OH is 4. The van der Waals surface area contributed by atoms with Crippen LogP contribution >= 0.6 is 0 Å². The number of aliphatic hydroxyl groups is 4. The lowest BCUT2D eigenvalue weighted by molar-refractivity contribution is 0.0649. The monoisotopic (exact) mass is 925 g/mol. The Labute approximate surface area is 401 Å². The summed E-state index contributed by atoms with van der Waals surface area (Å²) in [6.45, 7) is 3.81. The molecule has 3 heterocycles. The van der Waals surface area contributed by atoms with Crippen LogP contribution < -0.4 is 26.4 Å². The van der Waals surface area contributed by atoms with E-state index in [1.54, 1.807) is 13.0 Å². The van der Waals surface area contributed by atoms with Gasteiger partial charge in [-0.25, -0.2) is 0 Å². The van der Waals surface area contributed by atoms with Crippen molar-refractivity contribution in [2.75, 3.05) is 32.8 Å². The zero-order valence-corrected chi connectivity index (χ0v) is 39.7. The molecule has 3 aliphatic heterocycles. The Morgan fingerprint density at radius 1 is 1.03 bits per heavy atom. The van der Waals surface area contributed by atoms with Gasteiger partial charge in [0, 0.05) is 44.2 Å². The van der Waals surface area contributed by atoms with E-state index >= 15 is 0 Å². The van der Waals surface area contributed by atoms with E-state index in [0.717, 1.165) is 116 Å². The summed E-state index contributed by atoms with van der Waals surface area (Å²) in [4.78, 5) is 9.53. The highest BCUT2D eigenvalue weighted by Gasteiger charge is 2.47. The Morgan fingerprint density at radius 2 is 1.91 bits per heavy atom. The average molecular weight is 925 g/mol. The zero-order valence-electron chi connectivity index (χ0n) is 39.7. The molecule has 3 aromatic rings. The molecular formula is C57H72N4O7. The lowest BCUT2D eigenvalue weighted by Crippen LogP contribution is -2.42. The van der Waals surface area contributed by atoms with Crippen LogP contribution in [-0.4, -0.2) is 88.4 Å². The third-order valence-corrected chi connectivity index (χ3v) is 16.6. The molecule has 362 valence electrons. The molecule has 8 N–H and O–H groups in total. The second-order valence-electron chi connectivity index (χ2n) is 21.1. The van der Waals surface area contributed by atoms with Crippen LogP contribution in [0.15, 0.2) is 81.8 Å². The Balaban J connectivity index is 0.662. The molecule has 11 unspecified atom stereocenters. The molecule has 0 saturated heterocycles.